The first-order valence-electron chi connectivity index (χ1n) is 26.8. The smallest absolute Gasteiger partial charge is 0.239 e. The Morgan fingerprint density at radius 3 is 1.13 bits per heavy atom. The number of nitrogens with zero attached hydrogens (tertiary/aromatic N) is 6. The Balaban J connectivity index is 0.757. The fourth-order valence-electron chi connectivity index (χ4n) is 7.84. The molecule has 0 fully saturated rings. The number of likely N-dealkylation sites (N-methyl/N-ethyl adjacent to an activating group) is 2. The Hall–Kier alpha value is -8.86. The molecule has 4 N–H and O–H groups in total. The molecule has 0 aliphatic carbocycles. The third-order valence-electron chi connectivity index (χ3n) is 12.5. The van der Waals surface area contributed by atoms with Crippen molar-refractivity contribution in [2.24, 2.45) is 0 Å². The highest BCUT2D eigenvalue weighted by Gasteiger charge is 2.19. The first-order valence-corrected chi connectivity index (χ1v) is 26.8. The van der Waals surface area contributed by atoms with Gasteiger partial charge in [0.2, 0.25) is 35.4 Å². The first kappa shape index (κ1) is 62.3. The van der Waals surface area contributed by atoms with Gasteiger partial charge in [-0.15, -0.1) is 0 Å². The van der Waals surface area contributed by atoms with Gasteiger partial charge in [-0.2, -0.15) is 0 Å². The van der Waals surface area contributed by atoms with Gasteiger partial charge in [0, 0.05) is 100 Å². The van der Waals surface area contributed by atoms with Crippen LogP contribution in [0.15, 0.2) is 109 Å². The number of methoxy groups -OCH3 is 3. The molecule has 0 aliphatic rings. The van der Waals surface area contributed by atoms with E-state index in [1.165, 1.54) is 23.9 Å². The fourth-order valence-corrected chi connectivity index (χ4v) is 7.84. The fraction of sp³-hybridized carbons (Fsp3) is 0.367. The van der Waals surface area contributed by atoms with Crippen molar-refractivity contribution in [3.63, 3.8) is 0 Å². The molecule has 4 aromatic carbocycles. The van der Waals surface area contributed by atoms with Crippen LogP contribution in [0.3, 0.4) is 0 Å². The minimum atomic E-state index is -0.423. The van der Waals surface area contributed by atoms with E-state index in [0.717, 1.165) is 22.3 Å². The van der Waals surface area contributed by atoms with Gasteiger partial charge < -0.3 is 59.5 Å². The maximum absolute atomic E-state index is 13.0. The number of benzene rings is 4. The molecule has 2 aromatic heterocycles. The molecule has 434 valence electrons. The molecule has 2 heterocycles. The van der Waals surface area contributed by atoms with Crippen molar-refractivity contribution in [1.29, 1.82) is 0 Å². The van der Waals surface area contributed by atoms with Crippen molar-refractivity contribution in [3.05, 3.63) is 115 Å². The van der Waals surface area contributed by atoms with Crippen LogP contribution in [0, 0.1) is 6.92 Å². The minimum Gasteiger partial charge on any atom is -0.497 e. The van der Waals surface area contributed by atoms with E-state index in [1.807, 2.05) is 91.9 Å². The molecule has 0 saturated heterocycles. The zero-order chi connectivity index (χ0) is 58.6. The Bertz CT molecular complexity index is 2970. The molecular formula is C60H72N10O12. The summed E-state index contributed by atoms with van der Waals surface area (Å²) in [7, 11) is 7.77. The van der Waals surface area contributed by atoms with Gasteiger partial charge in [-0.3, -0.25) is 28.8 Å². The van der Waals surface area contributed by atoms with E-state index in [9.17, 15) is 28.8 Å². The predicted octanol–water partition coefficient (Wildman–Crippen LogP) is 6.39. The van der Waals surface area contributed by atoms with Crippen molar-refractivity contribution in [3.8, 4) is 62.5 Å². The lowest BCUT2D eigenvalue weighted by Gasteiger charge is -2.17. The number of rotatable bonds is 33. The van der Waals surface area contributed by atoms with Gasteiger partial charge in [0.25, 0.3) is 0 Å². The molecule has 0 atom stereocenters. The van der Waals surface area contributed by atoms with Crippen LogP contribution in [0.25, 0.3) is 45.3 Å². The zero-order valence-electron chi connectivity index (χ0n) is 47.3. The van der Waals surface area contributed by atoms with E-state index in [0.29, 0.717) is 117 Å². The maximum atomic E-state index is 13.0. The van der Waals surface area contributed by atoms with Crippen molar-refractivity contribution >= 4 is 47.1 Å². The summed E-state index contributed by atoms with van der Waals surface area (Å²) in [6.45, 7) is 4.55. The van der Waals surface area contributed by atoms with Gasteiger partial charge >= 0.3 is 0 Å². The summed E-state index contributed by atoms with van der Waals surface area (Å²) < 4.78 is 32.6. The van der Waals surface area contributed by atoms with E-state index < -0.39 is 11.8 Å². The summed E-state index contributed by atoms with van der Waals surface area (Å²) >= 11 is 0. The van der Waals surface area contributed by atoms with Crippen molar-refractivity contribution in [2.75, 3.05) is 112 Å². The van der Waals surface area contributed by atoms with E-state index in [1.54, 1.807) is 45.6 Å². The highest BCUT2D eigenvalue weighted by Crippen LogP contribution is 2.29. The maximum Gasteiger partial charge on any atom is 0.239 e. The van der Waals surface area contributed by atoms with Crippen molar-refractivity contribution in [1.82, 2.24) is 40.4 Å². The number of aryl methyl sites for hydroxylation is 1. The molecule has 0 aliphatic heterocycles. The molecule has 6 rings (SSSR count). The summed E-state index contributed by atoms with van der Waals surface area (Å²) in [6.07, 6.45) is 0.649. The molecule has 82 heavy (non-hydrogen) atoms. The van der Waals surface area contributed by atoms with Gasteiger partial charge in [-0.1, -0.05) is 29.8 Å². The van der Waals surface area contributed by atoms with Crippen molar-refractivity contribution in [2.45, 2.75) is 45.4 Å². The van der Waals surface area contributed by atoms with Crippen LogP contribution in [-0.2, 0) is 43.0 Å². The normalized spacial score (nSPS) is 10.8. The van der Waals surface area contributed by atoms with Crippen LogP contribution in [0.4, 0.5) is 11.6 Å². The second-order valence-electron chi connectivity index (χ2n) is 18.8. The SMILES string of the molecule is COc1ccc(-c2cc(NC(=O)CCC(=O)N(C)CC(=O)NCCCOCCOCCOCCCNC(=O)CN(C)C(=O)CCC(=O)Nc3cc(-c4ccc(OC)cc4)nc(-c4ccc(OC)cc4)n3)nc(-c3ccc(C)cc3)n2)cc1. The number of amides is 6. The lowest BCUT2D eigenvalue weighted by molar-refractivity contribution is -0.135. The monoisotopic (exact) mass is 1120 g/mol. The standard InChI is InChI=1S/C60H72N10O12/c1-41-9-11-44(12-10-41)59-63-49(42-13-19-46(77-4)20-14-42)37-51(67-59)65-53(71)25-27-57(75)69(2)39-55(73)61-29-7-31-80-33-35-82-36-34-81-32-8-30-62-56(74)40-70(3)58(76)28-26-54(72)66-52-38-50(43-15-21-47(78-5)22-16-43)64-60(68-52)45-17-23-48(79-6)24-18-45/h9-24,37-38H,7-8,25-36,39-40H2,1-6H3,(H,61,73)(H,62,74)(H,63,65,67,71)(H,64,66,68,72). The second-order valence-corrected chi connectivity index (χ2v) is 18.8. The van der Waals surface area contributed by atoms with Crippen LogP contribution in [0.2, 0.25) is 0 Å². The number of carbonyl (C=O) groups excluding carboxylic acids is 6. The van der Waals surface area contributed by atoms with Crippen LogP contribution in [-0.4, -0.2) is 166 Å². The van der Waals surface area contributed by atoms with Gasteiger partial charge in [-0.05, 0) is 92.6 Å². The Kier molecular flexibility index (Phi) is 25.1. The Labute approximate surface area is 477 Å². The summed E-state index contributed by atoms with van der Waals surface area (Å²) in [5, 5.41) is 11.2. The summed E-state index contributed by atoms with van der Waals surface area (Å²) in [5.74, 6) is 1.20. The number of nitrogens with one attached hydrogen (secondary N) is 4. The summed E-state index contributed by atoms with van der Waals surface area (Å²) in [6, 6.07) is 33.0. The van der Waals surface area contributed by atoms with Crippen LogP contribution in [0.5, 0.6) is 17.2 Å². The molecule has 6 aromatic rings. The first-order chi connectivity index (χ1) is 39.7. The highest BCUT2D eigenvalue weighted by atomic mass is 16.5. The lowest BCUT2D eigenvalue weighted by Crippen LogP contribution is -2.39. The van der Waals surface area contributed by atoms with Crippen LogP contribution in [0.1, 0.15) is 44.1 Å². The molecule has 0 spiro atoms. The quantitative estimate of drug-likeness (QED) is 0.0326. The highest BCUT2D eigenvalue weighted by molar-refractivity contribution is 5.95. The average molecular weight is 1130 g/mol. The van der Waals surface area contributed by atoms with E-state index in [4.69, 9.17) is 38.4 Å². The largest absolute Gasteiger partial charge is 0.497 e. The number of ether oxygens (including phenoxy) is 6. The number of hydrogen-bond acceptors (Lipinski definition) is 16. The second kappa shape index (κ2) is 33.0. The summed E-state index contributed by atoms with van der Waals surface area (Å²) in [5.41, 5.74) is 5.34. The third kappa shape index (κ3) is 21.0. The van der Waals surface area contributed by atoms with E-state index in [-0.39, 0.29) is 68.2 Å². The van der Waals surface area contributed by atoms with Crippen LogP contribution >= 0.6 is 0 Å². The molecule has 6 amide bonds. The zero-order valence-corrected chi connectivity index (χ0v) is 47.3. The van der Waals surface area contributed by atoms with Gasteiger partial charge in [0.05, 0.1) is 72.2 Å². The Morgan fingerprint density at radius 1 is 0.427 bits per heavy atom. The number of aromatic nitrogens is 4. The molecule has 0 unspecified atom stereocenters. The molecule has 0 radical (unpaired) electrons. The van der Waals surface area contributed by atoms with Gasteiger partial charge in [0.15, 0.2) is 11.6 Å². The van der Waals surface area contributed by atoms with E-state index in [2.05, 4.69) is 31.2 Å². The third-order valence-corrected chi connectivity index (χ3v) is 12.5. The topological polar surface area (TPSA) is 264 Å². The minimum absolute atomic E-state index is 0.103. The number of hydrogen-bond donors (Lipinski definition) is 4. The predicted molar refractivity (Wildman–Crippen MR) is 309 cm³/mol. The molecular weight excluding hydrogens is 1050 g/mol. The average Bonchev–Trinajstić information content (AvgIpc) is 3.50. The molecule has 0 saturated carbocycles. The number of carbonyl (C=O) groups is 6. The molecule has 22 nitrogen and oxygen atoms in total. The van der Waals surface area contributed by atoms with Gasteiger partial charge in [0.1, 0.15) is 28.9 Å². The van der Waals surface area contributed by atoms with Gasteiger partial charge in [-0.25, -0.2) is 19.9 Å². The summed E-state index contributed by atoms with van der Waals surface area (Å²) in [4.78, 5) is 98.0. The number of anilines is 2. The lowest BCUT2D eigenvalue weighted by atomic mass is 10.1. The van der Waals surface area contributed by atoms with Crippen molar-refractivity contribution < 1.29 is 57.2 Å². The molecule has 0 bridgehead atoms. The van der Waals surface area contributed by atoms with Crippen LogP contribution < -0.4 is 35.5 Å². The Morgan fingerprint density at radius 2 is 0.768 bits per heavy atom. The van der Waals surface area contributed by atoms with E-state index >= 15 is 0 Å². The molecule has 22 heteroatoms.